The van der Waals surface area contributed by atoms with E-state index >= 15 is 0 Å². The van der Waals surface area contributed by atoms with Gasteiger partial charge >= 0.3 is 0 Å². The van der Waals surface area contributed by atoms with Gasteiger partial charge in [-0.15, -0.1) is 0 Å². The molecule has 0 aliphatic carbocycles. The fourth-order valence-electron chi connectivity index (χ4n) is 1.36. The maximum absolute atomic E-state index is 11.9. The third kappa shape index (κ3) is 2.88. The van der Waals surface area contributed by atoms with E-state index in [4.69, 9.17) is 0 Å². The molecule has 0 aliphatic heterocycles. The Balaban J connectivity index is 3.19. The van der Waals surface area contributed by atoms with Crippen LogP contribution in [0.4, 0.5) is 0 Å². The zero-order valence-corrected chi connectivity index (χ0v) is 11.9. The first kappa shape index (κ1) is 14.7. The van der Waals surface area contributed by atoms with Crippen LogP contribution in [0.15, 0.2) is 29.2 Å². The highest BCUT2D eigenvalue weighted by Gasteiger charge is 2.19. The minimum absolute atomic E-state index is 0.128. The van der Waals surface area contributed by atoms with Crippen LogP contribution in [0.3, 0.4) is 0 Å². The van der Waals surface area contributed by atoms with Crippen LogP contribution in [-0.2, 0) is 10.0 Å². The number of hydrogen-bond donors (Lipinski definition) is 0. The van der Waals surface area contributed by atoms with Gasteiger partial charge in [-0.25, -0.2) is 12.7 Å². The van der Waals surface area contributed by atoms with E-state index in [2.05, 4.69) is 0 Å². The Hall–Kier alpha value is -1.40. The van der Waals surface area contributed by atoms with Gasteiger partial charge in [-0.2, -0.15) is 0 Å². The molecule has 0 unspecified atom stereocenters. The molecule has 0 N–H and O–H groups in total. The van der Waals surface area contributed by atoms with Gasteiger partial charge in [0, 0.05) is 33.3 Å². The number of benzene rings is 1. The summed E-state index contributed by atoms with van der Waals surface area (Å²) in [5, 5.41) is 0. The van der Waals surface area contributed by atoms with E-state index in [1.165, 1.54) is 31.1 Å². The normalized spacial score (nSPS) is 11.6. The molecule has 0 heterocycles. The molecular weight excluding hydrogens is 252 g/mol. The van der Waals surface area contributed by atoms with Crippen LogP contribution < -0.4 is 0 Å². The highest BCUT2D eigenvalue weighted by molar-refractivity contribution is 7.89. The molecule has 0 aliphatic rings. The van der Waals surface area contributed by atoms with Crippen LogP contribution in [0.25, 0.3) is 0 Å². The van der Waals surface area contributed by atoms with Crippen LogP contribution >= 0.6 is 0 Å². The molecule has 100 valence electrons. The second kappa shape index (κ2) is 5.49. The zero-order chi connectivity index (χ0) is 13.9. The summed E-state index contributed by atoms with van der Waals surface area (Å²) in [7, 11) is 1.09. The first-order valence-corrected chi connectivity index (χ1v) is 7.02. The van der Waals surface area contributed by atoms with E-state index in [9.17, 15) is 13.2 Å². The zero-order valence-electron chi connectivity index (χ0n) is 11.0. The number of nitrogens with zero attached hydrogens (tertiary/aromatic N) is 2. The second-order valence-corrected chi connectivity index (χ2v) is 6.29. The molecule has 1 amide bonds. The van der Waals surface area contributed by atoms with Gasteiger partial charge in [-0.05, 0) is 25.1 Å². The summed E-state index contributed by atoms with van der Waals surface area (Å²) < 4.78 is 25.0. The fraction of sp³-hybridized carbons (Fsp3) is 0.417. The van der Waals surface area contributed by atoms with Gasteiger partial charge in [0.15, 0.2) is 0 Å². The first-order chi connectivity index (χ1) is 8.30. The molecule has 0 radical (unpaired) electrons. The second-order valence-electron chi connectivity index (χ2n) is 4.13. The first-order valence-electron chi connectivity index (χ1n) is 5.58. The molecule has 0 atom stereocenters. The minimum Gasteiger partial charge on any atom is -0.342 e. The van der Waals surface area contributed by atoms with Gasteiger partial charge in [-0.1, -0.05) is 6.07 Å². The van der Waals surface area contributed by atoms with Crippen molar-refractivity contribution in [1.82, 2.24) is 9.21 Å². The lowest BCUT2D eigenvalue weighted by Gasteiger charge is -2.16. The van der Waals surface area contributed by atoms with E-state index in [-0.39, 0.29) is 10.8 Å². The standard InChI is InChI=1S/C12H18N2O3S/c1-5-14(4)12(15)10-7-6-8-11(9-10)18(16,17)13(2)3/h6-9H,5H2,1-4H3. The Bertz CT molecular complexity index is 538. The van der Waals surface area contributed by atoms with Crippen molar-refractivity contribution in [3.05, 3.63) is 29.8 Å². The van der Waals surface area contributed by atoms with E-state index in [1.807, 2.05) is 6.92 Å². The largest absolute Gasteiger partial charge is 0.342 e. The van der Waals surface area contributed by atoms with Gasteiger partial charge in [-0.3, -0.25) is 4.79 Å². The molecular formula is C12H18N2O3S. The monoisotopic (exact) mass is 270 g/mol. The minimum atomic E-state index is -3.50. The molecule has 0 bridgehead atoms. The van der Waals surface area contributed by atoms with Crippen molar-refractivity contribution in [2.45, 2.75) is 11.8 Å². The van der Waals surface area contributed by atoms with Crippen LogP contribution in [0.2, 0.25) is 0 Å². The Kier molecular flexibility index (Phi) is 4.48. The summed E-state index contributed by atoms with van der Waals surface area (Å²) >= 11 is 0. The Morgan fingerprint density at radius 2 is 1.83 bits per heavy atom. The average molecular weight is 270 g/mol. The topological polar surface area (TPSA) is 57.7 Å². The maximum Gasteiger partial charge on any atom is 0.253 e. The van der Waals surface area contributed by atoms with Gasteiger partial charge in [0.25, 0.3) is 5.91 Å². The lowest BCUT2D eigenvalue weighted by atomic mass is 10.2. The van der Waals surface area contributed by atoms with Gasteiger partial charge in [0.1, 0.15) is 0 Å². The Morgan fingerprint density at radius 1 is 1.22 bits per heavy atom. The smallest absolute Gasteiger partial charge is 0.253 e. The summed E-state index contributed by atoms with van der Waals surface area (Å²) in [5.74, 6) is -0.187. The van der Waals surface area contributed by atoms with Crippen LogP contribution in [0.5, 0.6) is 0 Å². The van der Waals surface area contributed by atoms with Crippen LogP contribution in [0.1, 0.15) is 17.3 Å². The van der Waals surface area contributed by atoms with Gasteiger partial charge < -0.3 is 4.90 Å². The summed E-state index contributed by atoms with van der Waals surface area (Å²) in [5.41, 5.74) is 0.377. The summed E-state index contributed by atoms with van der Waals surface area (Å²) in [6.07, 6.45) is 0. The molecule has 5 nitrogen and oxygen atoms in total. The van der Waals surface area contributed by atoms with Crippen LogP contribution in [-0.4, -0.2) is 51.2 Å². The lowest BCUT2D eigenvalue weighted by Crippen LogP contribution is -2.27. The quantitative estimate of drug-likeness (QED) is 0.821. The molecule has 1 rings (SSSR count). The molecule has 6 heteroatoms. The van der Waals surface area contributed by atoms with Crippen molar-refractivity contribution >= 4 is 15.9 Å². The molecule has 0 spiro atoms. The predicted octanol–water partition coefficient (Wildman–Crippen LogP) is 1.03. The molecule has 0 saturated carbocycles. The summed E-state index contributed by atoms with van der Waals surface area (Å²) in [4.78, 5) is 13.6. The Morgan fingerprint density at radius 3 is 2.33 bits per heavy atom. The van der Waals surface area contributed by atoms with Crippen LogP contribution in [0, 0.1) is 0 Å². The van der Waals surface area contributed by atoms with Gasteiger partial charge in [0.05, 0.1) is 4.90 Å². The van der Waals surface area contributed by atoms with E-state index < -0.39 is 10.0 Å². The van der Waals surface area contributed by atoms with E-state index in [0.29, 0.717) is 12.1 Å². The molecule has 0 aromatic heterocycles. The highest BCUT2D eigenvalue weighted by atomic mass is 32.2. The number of carbonyl (C=O) groups excluding carboxylic acids is 1. The van der Waals surface area contributed by atoms with Crippen molar-refractivity contribution in [3.63, 3.8) is 0 Å². The lowest BCUT2D eigenvalue weighted by molar-refractivity contribution is 0.0802. The number of rotatable bonds is 4. The molecule has 0 fully saturated rings. The fourth-order valence-corrected chi connectivity index (χ4v) is 2.31. The highest BCUT2D eigenvalue weighted by Crippen LogP contribution is 2.15. The molecule has 1 aromatic rings. The van der Waals surface area contributed by atoms with Crippen molar-refractivity contribution < 1.29 is 13.2 Å². The maximum atomic E-state index is 11.9. The number of carbonyl (C=O) groups is 1. The van der Waals surface area contributed by atoms with Crippen molar-refractivity contribution in [3.8, 4) is 0 Å². The molecule has 0 saturated heterocycles. The van der Waals surface area contributed by atoms with Crippen molar-refractivity contribution in [2.75, 3.05) is 27.7 Å². The van der Waals surface area contributed by atoms with E-state index in [0.717, 1.165) is 4.31 Å². The SMILES string of the molecule is CCN(C)C(=O)c1cccc(S(=O)(=O)N(C)C)c1. The average Bonchev–Trinajstić information content (AvgIpc) is 2.36. The number of sulfonamides is 1. The predicted molar refractivity (Wildman–Crippen MR) is 69.9 cm³/mol. The number of hydrogen-bond acceptors (Lipinski definition) is 3. The number of amides is 1. The van der Waals surface area contributed by atoms with Crippen molar-refractivity contribution in [1.29, 1.82) is 0 Å². The Labute approximate surface area is 108 Å². The summed E-state index contributed by atoms with van der Waals surface area (Å²) in [6.45, 7) is 2.43. The third-order valence-electron chi connectivity index (χ3n) is 2.68. The van der Waals surface area contributed by atoms with E-state index in [1.54, 1.807) is 19.2 Å². The third-order valence-corrected chi connectivity index (χ3v) is 4.49. The van der Waals surface area contributed by atoms with Gasteiger partial charge in [0.2, 0.25) is 10.0 Å². The molecule has 1 aromatic carbocycles. The molecule has 18 heavy (non-hydrogen) atoms. The van der Waals surface area contributed by atoms with Crippen molar-refractivity contribution in [2.24, 2.45) is 0 Å². The summed E-state index contributed by atoms with van der Waals surface area (Å²) in [6, 6.07) is 6.08.